The average molecular weight is 318 g/mol. The number of nitrogens with zero attached hydrogens (tertiary/aromatic N) is 1. The zero-order valence-corrected chi connectivity index (χ0v) is 13.8. The quantitative estimate of drug-likeness (QED) is 0.869. The van der Waals surface area contributed by atoms with Crippen molar-refractivity contribution in [1.82, 2.24) is 10.2 Å². The van der Waals surface area contributed by atoms with E-state index in [0.717, 1.165) is 50.5 Å². The summed E-state index contributed by atoms with van der Waals surface area (Å²) < 4.78 is 11.0. The number of carbonyl (C=O) groups excluding carboxylic acids is 1. The predicted octanol–water partition coefficient (Wildman–Crippen LogP) is 1.81. The van der Waals surface area contributed by atoms with Crippen LogP contribution in [0.5, 0.6) is 5.75 Å². The van der Waals surface area contributed by atoms with Gasteiger partial charge in [0, 0.05) is 25.1 Å². The van der Waals surface area contributed by atoms with Gasteiger partial charge in [0.1, 0.15) is 5.75 Å². The molecule has 0 unspecified atom stereocenters. The molecule has 1 amide bonds. The highest BCUT2D eigenvalue weighted by Gasteiger charge is 2.41. The van der Waals surface area contributed by atoms with Crippen LogP contribution in [0.3, 0.4) is 0 Å². The van der Waals surface area contributed by atoms with Gasteiger partial charge in [0.05, 0.1) is 19.8 Å². The Labute approximate surface area is 137 Å². The van der Waals surface area contributed by atoms with Crippen LogP contribution in [0.25, 0.3) is 0 Å². The molecular formula is C18H26N2O3. The summed E-state index contributed by atoms with van der Waals surface area (Å²) in [7, 11) is 0. The van der Waals surface area contributed by atoms with Gasteiger partial charge in [0.15, 0.2) is 0 Å². The SMILES string of the molecule is CCOc1cccc(CNC(=O)CN2CC[C@]3(CCOC3)C2)c1. The number of carbonyl (C=O) groups is 1. The van der Waals surface area contributed by atoms with Crippen LogP contribution < -0.4 is 10.1 Å². The second kappa shape index (κ2) is 7.32. The van der Waals surface area contributed by atoms with E-state index in [1.807, 2.05) is 31.2 Å². The minimum absolute atomic E-state index is 0.0859. The Morgan fingerprint density at radius 2 is 2.35 bits per heavy atom. The number of hydrogen-bond donors (Lipinski definition) is 1. The number of rotatable bonds is 6. The van der Waals surface area contributed by atoms with Crippen molar-refractivity contribution in [2.24, 2.45) is 5.41 Å². The van der Waals surface area contributed by atoms with Gasteiger partial charge in [0.2, 0.25) is 5.91 Å². The second-order valence-electron chi connectivity index (χ2n) is 6.62. The molecule has 0 radical (unpaired) electrons. The van der Waals surface area contributed by atoms with Gasteiger partial charge in [0.25, 0.3) is 0 Å². The van der Waals surface area contributed by atoms with Crippen LogP contribution in [0.2, 0.25) is 0 Å². The van der Waals surface area contributed by atoms with E-state index in [2.05, 4.69) is 10.2 Å². The summed E-state index contributed by atoms with van der Waals surface area (Å²) in [5, 5.41) is 3.01. The molecule has 2 aliphatic rings. The zero-order valence-electron chi connectivity index (χ0n) is 13.8. The summed E-state index contributed by atoms with van der Waals surface area (Å²) >= 11 is 0. The Morgan fingerprint density at radius 3 is 3.13 bits per heavy atom. The lowest BCUT2D eigenvalue weighted by molar-refractivity contribution is -0.122. The van der Waals surface area contributed by atoms with E-state index in [4.69, 9.17) is 9.47 Å². The monoisotopic (exact) mass is 318 g/mol. The van der Waals surface area contributed by atoms with E-state index >= 15 is 0 Å². The molecule has 5 nitrogen and oxygen atoms in total. The zero-order chi connectivity index (χ0) is 16.1. The summed E-state index contributed by atoms with van der Waals surface area (Å²) in [6, 6.07) is 7.87. The molecule has 0 aromatic heterocycles. The van der Waals surface area contributed by atoms with E-state index in [-0.39, 0.29) is 5.91 Å². The van der Waals surface area contributed by atoms with Crippen molar-refractivity contribution in [2.75, 3.05) is 39.5 Å². The van der Waals surface area contributed by atoms with Gasteiger partial charge in [-0.2, -0.15) is 0 Å². The Balaban J connectivity index is 1.44. The summed E-state index contributed by atoms with van der Waals surface area (Å²) in [5.41, 5.74) is 1.37. The first-order chi connectivity index (χ1) is 11.2. The maximum Gasteiger partial charge on any atom is 0.234 e. The molecule has 2 heterocycles. The van der Waals surface area contributed by atoms with E-state index in [9.17, 15) is 4.79 Å². The molecule has 5 heteroatoms. The van der Waals surface area contributed by atoms with Gasteiger partial charge in [-0.3, -0.25) is 9.69 Å². The van der Waals surface area contributed by atoms with Crippen molar-refractivity contribution in [3.8, 4) is 5.75 Å². The highest BCUT2D eigenvalue weighted by molar-refractivity contribution is 5.78. The Morgan fingerprint density at radius 1 is 1.43 bits per heavy atom. The van der Waals surface area contributed by atoms with E-state index in [1.165, 1.54) is 0 Å². The highest BCUT2D eigenvalue weighted by atomic mass is 16.5. The van der Waals surface area contributed by atoms with Gasteiger partial charge in [-0.1, -0.05) is 12.1 Å². The van der Waals surface area contributed by atoms with Crippen molar-refractivity contribution < 1.29 is 14.3 Å². The minimum Gasteiger partial charge on any atom is -0.494 e. The number of amides is 1. The third-order valence-corrected chi connectivity index (χ3v) is 4.77. The molecule has 2 fully saturated rings. The molecule has 0 saturated carbocycles. The molecule has 1 spiro atoms. The van der Waals surface area contributed by atoms with E-state index in [1.54, 1.807) is 0 Å². The summed E-state index contributed by atoms with van der Waals surface area (Å²) in [6.07, 6.45) is 2.28. The van der Waals surface area contributed by atoms with Crippen molar-refractivity contribution in [3.63, 3.8) is 0 Å². The number of likely N-dealkylation sites (tertiary alicyclic amines) is 1. The minimum atomic E-state index is 0.0859. The fourth-order valence-electron chi connectivity index (χ4n) is 3.51. The summed E-state index contributed by atoms with van der Waals surface area (Å²) in [5.74, 6) is 0.935. The first kappa shape index (κ1) is 16.3. The molecule has 2 aliphatic heterocycles. The topological polar surface area (TPSA) is 50.8 Å². The molecular weight excluding hydrogens is 292 g/mol. The van der Waals surface area contributed by atoms with Gasteiger partial charge in [-0.05, 0) is 44.0 Å². The van der Waals surface area contributed by atoms with Gasteiger partial charge in [-0.15, -0.1) is 0 Å². The Hall–Kier alpha value is -1.59. The van der Waals surface area contributed by atoms with Gasteiger partial charge < -0.3 is 14.8 Å². The third kappa shape index (κ3) is 4.24. The maximum atomic E-state index is 12.2. The summed E-state index contributed by atoms with van der Waals surface area (Å²) in [4.78, 5) is 14.4. The normalized spacial score (nSPS) is 24.2. The van der Waals surface area contributed by atoms with Crippen molar-refractivity contribution in [3.05, 3.63) is 29.8 Å². The van der Waals surface area contributed by atoms with Gasteiger partial charge >= 0.3 is 0 Å². The lowest BCUT2D eigenvalue weighted by atomic mass is 9.87. The van der Waals surface area contributed by atoms with Crippen molar-refractivity contribution in [2.45, 2.75) is 26.3 Å². The first-order valence-electron chi connectivity index (χ1n) is 8.48. The van der Waals surface area contributed by atoms with Crippen molar-refractivity contribution >= 4 is 5.91 Å². The number of hydrogen-bond acceptors (Lipinski definition) is 4. The number of ether oxygens (including phenoxy) is 2. The lowest BCUT2D eigenvalue weighted by Crippen LogP contribution is -2.37. The van der Waals surface area contributed by atoms with Crippen LogP contribution in [0.4, 0.5) is 0 Å². The molecule has 1 N–H and O–H groups in total. The molecule has 0 bridgehead atoms. The fraction of sp³-hybridized carbons (Fsp3) is 0.611. The Kier molecular flexibility index (Phi) is 5.18. The molecule has 23 heavy (non-hydrogen) atoms. The van der Waals surface area contributed by atoms with Crippen LogP contribution in [0.15, 0.2) is 24.3 Å². The first-order valence-corrected chi connectivity index (χ1v) is 8.48. The molecule has 1 aromatic rings. The second-order valence-corrected chi connectivity index (χ2v) is 6.62. The third-order valence-electron chi connectivity index (χ3n) is 4.77. The average Bonchev–Trinajstić information content (AvgIpc) is 3.16. The van der Waals surface area contributed by atoms with Crippen LogP contribution in [0, 0.1) is 5.41 Å². The van der Waals surface area contributed by atoms with Gasteiger partial charge in [-0.25, -0.2) is 0 Å². The number of benzene rings is 1. The summed E-state index contributed by atoms with van der Waals surface area (Å²) in [6.45, 7) is 7.35. The highest BCUT2D eigenvalue weighted by Crippen LogP contribution is 2.37. The fourth-order valence-corrected chi connectivity index (χ4v) is 3.51. The molecule has 2 saturated heterocycles. The molecule has 0 aliphatic carbocycles. The lowest BCUT2D eigenvalue weighted by Gasteiger charge is -2.21. The maximum absolute atomic E-state index is 12.2. The molecule has 3 rings (SSSR count). The van der Waals surface area contributed by atoms with Crippen LogP contribution in [-0.2, 0) is 16.1 Å². The molecule has 1 aromatic carbocycles. The standard InChI is InChI=1S/C18H26N2O3/c1-2-23-16-5-3-4-15(10-16)11-19-17(21)12-20-8-6-18(13-20)7-9-22-14-18/h3-5,10H,2,6-9,11-14H2,1H3,(H,19,21)/t18-/m0/s1. The van der Waals surface area contributed by atoms with E-state index in [0.29, 0.717) is 25.1 Å². The Bertz CT molecular complexity index is 541. The van der Waals surface area contributed by atoms with Crippen LogP contribution >= 0.6 is 0 Å². The van der Waals surface area contributed by atoms with Crippen LogP contribution in [0.1, 0.15) is 25.3 Å². The predicted molar refractivity (Wildman–Crippen MR) is 88.4 cm³/mol. The number of nitrogens with one attached hydrogen (secondary N) is 1. The van der Waals surface area contributed by atoms with E-state index < -0.39 is 0 Å². The molecule has 1 atom stereocenters. The molecule has 126 valence electrons. The van der Waals surface area contributed by atoms with Crippen LogP contribution in [-0.4, -0.2) is 50.3 Å². The smallest absolute Gasteiger partial charge is 0.234 e. The van der Waals surface area contributed by atoms with Crippen molar-refractivity contribution in [1.29, 1.82) is 0 Å². The largest absolute Gasteiger partial charge is 0.494 e.